The number of aromatic nitrogens is 1. The van der Waals surface area contributed by atoms with E-state index in [1.165, 1.54) is 7.05 Å². The number of pyridine rings is 1. The lowest BCUT2D eigenvalue weighted by Crippen LogP contribution is -2.23. The molecule has 0 aliphatic carbocycles. The number of rotatable bonds is 1. The van der Waals surface area contributed by atoms with Crippen LogP contribution in [0.1, 0.15) is 16.1 Å². The van der Waals surface area contributed by atoms with Crippen molar-refractivity contribution in [2.24, 2.45) is 0 Å². The van der Waals surface area contributed by atoms with Gasteiger partial charge in [0.15, 0.2) is 0 Å². The second-order valence-electron chi connectivity index (χ2n) is 2.55. The van der Waals surface area contributed by atoms with E-state index < -0.39 is 5.91 Å². The van der Waals surface area contributed by atoms with Crippen molar-refractivity contribution in [2.75, 3.05) is 7.05 Å². The molecule has 4 nitrogen and oxygen atoms in total. The molecule has 1 aromatic heterocycles. The molecular formula is C8H10N2O2. The molecule has 12 heavy (non-hydrogen) atoms. The third kappa shape index (κ3) is 1.79. The minimum absolute atomic E-state index is 0.241. The molecule has 0 unspecified atom stereocenters. The quantitative estimate of drug-likeness (QED) is 0.497. The molecule has 4 heteroatoms. The molecule has 0 aromatic carbocycles. The summed E-state index contributed by atoms with van der Waals surface area (Å²) in [4.78, 5) is 14.9. The monoisotopic (exact) mass is 166 g/mol. The average Bonchev–Trinajstić information content (AvgIpc) is 2.04. The summed E-state index contributed by atoms with van der Waals surface area (Å²) >= 11 is 0. The van der Waals surface area contributed by atoms with E-state index in [4.69, 9.17) is 5.21 Å². The molecule has 1 amide bonds. The molecule has 0 atom stereocenters. The number of hydrogen-bond acceptors (Lipinski definition) is 3. The molecule has 1 rings (SSSR count). The zero-order valence-corrected chi connectivity index (χ0v) is 6.98. The summed E-state index contributed by atoms with van der Waals surface area (Å²) in [5.41, 5.74) is 1.22. The van der Waals surface area contributed by atoms with Crippen molar-refractivity contribution in [3.8, 4) is 0 Å². The Morgan fingerprint density at radius 1 is 1.58 bits per heavy atom. The van der Waals surface area contributed by atoms with Crippen LogP contribution < -0.4 is 0 Å². The number of amides is 1. The van der Waals surface area contributed by atoms with Crippen molar-refractivity contribution in [1.82, 2.24) is 10.0 Å². The van der Waals surface area contributed by atoms with Gasteiger partial charge >= 0.3 is 0 Å². The van der Waals surface area contributed by atoms with Crippen LogP contribution in [0.4, 0.5) is 0 Å². The molecule has 0 saturated heterocycles. The summed E-state index contributed by atoms with van der Waals surface area (Å²) in [6, 6.07) is 3.34. The lowest BCUT2D eigenvalue weighted by Gasteiger charge is -2.06. The second-order valence-corrected chi connectivity index (χ2v) is 2.55. The van der Waals surface area contributed by atoms with Crippen LogP contribution in [-0.2, 0) is 0 Å². The summed E-state index contributed by atoms with van der Waals surface area (Å²) < 4.78 is 0. The van der Waals surface area contributed by atoms with Crippen molar-refractivity contribution in [2.45, 2.75) is 6.92 Å². The third-order valence-electron chi connectivity index (χ3n) is 1.42. The van der Waals surface area contributed by atoms with Crippen molar-refractivity contribution in [1.29, 1.82) is 0 Å². The van der Waals surface area contributed by atoms with E-state index >= 15 is 0 Å². The van der Waals surface area contributed by atoms with Gasteiger partial charge in [-0.2, -0.15) is 0 Å². The first-order valence-electron chi connectivity index (χ1n) is 3.51. The van der Waals surface area contributed by atoms with Crippen LogP contribution in [0.5, 0.6) is 0 Å². The topological polar surface area (TPSA) is 53.4 Å². The lowest BCUT2D eigenvalue weighted by molar-refractivity contribution is -0.0379. The molecule has 1 heterocycles. The van der Waals surface area contributed by atoms with Crippen LogP contribution >= 0.6 is 0 Å². The van der Waals surface area contributed by atoms with Crippen LogP contribution in [0.25, 0.3) is 0 Å². The molecular weight excluding hydrogens is 156 g/mol. The van der Waals surface area contributed by atoms with E-state index in [-0.39, 0.29) is 5.69 Å². The van der Waals surface area contributed by atoms with E-state index in [2.05, 4.69) is 4.98 Å². The maximum atomic E-state index is 11.1. The zero-order valence-electron chi connectivity index (χ0n) is 6.98. The highest BCUT2D eigenvalue weighted by Crippen LogP contribution is 2.00. The van der Waals surface area contributed by atoms with Gasteiger partial charge in [-0.25, -0.2) is 5.06 Å². The van der Waals surface area contributed by atoms with E-state index in [1.807, 2.05) is 6.92 Å². The first kappa shape index (κ1) is 8.67. The standard InChI is InChI=1S/C8H10N2O2/c1-6-3-4-7(9-5-6)8(11)10(2)12/h3-5,12H,1-2H3. The summed E-state index contributed by atoms with van der Waals surface area (Å²) in [5, 5.41) is 9.30. The van der Waals surface area contributed by atoms with Gasteiger partial charge in [-0.1, -0.05) is 6.07 Å². The van der Waals surface area contributed by atoms with Crippen LogP contribution in [0.15, 0.2) is 18.3 Å². The van der Waals surface area contributed by atoms with Crippen LogP contribution in [0.3, 0.4) is 0 Å². The fourth-order valence-corrected chi connectivity index (χ4v) is 0.760. The van der Waals surface area contributed by atoms with Gasteiger partial charge in [-0.05, 0) is 18.6 Å². The van der Waals surface area contributed by atoms with Gasteiger partial charge in [-0.3, -0.25) is 15.0 Å². The smallest absolute Gasteiger partial charge is 0.286 e. The molecule has 0 radical (unpaired) electrons. The van der Waals surface area contributed by atoms with Crippen molar-refractivity contribution in [3.05, 3.63) is 29.6 Å². The Bertz CT molecular complexity index is 280. The normalized spacial score (nSPS) is 9.58. The summed E-state index contributed by atoms with van der Waals surface area (Å²) in [7, 11) is 1.27. The maximum absolute atomic E-state index is 11.1. The average molecular weight is 166 g/mol. The van der Waals surface area contributed by atoms with Crippen LogP contribution in [0, 0.1) is 6.92 Å². The summed E-state index contributed by atoms with van der Waals surface area (Å²) in [5.74, 6) is -0.505. The highest BCUT2D eigenvalue weighted by Gasteiger charge is 2.09. The SMILES string of the molecule is Cc1ccc(C(=O)N(C)O)nc1. The minimum atomic E-state index is -0.505. The second kappa shape index (κ2) is 3.32. The van der Waals surface area contributed by atoms with Crippen LogP contribution in [-0.4, -0.2) is 28.2 Å². The van der Waals surface area contributed by atoms with E-state index in [0.29, 0.717) is 5.06 Å². The van der Waals surface area contributed by atoms with E-state index in [1.54, 1.807) is 18.3 Å². The summed E-state index contributed by atoms with van der Waals surface area (Å²) in [6.45, 7) is 1.88. The Kier molecular flexibility index (Phi) is 2.40. The number of carbonyl (C=O) groups excluding carboxylic acids is 1. The van der Waals surface area contributed by atoms with Gasteiger partial charge in [0.05, 0.1) is 0 Å². The Labute approximate surface area is 70.4 Å². The molecule has 0 aliphatic rings. The van der Waals surface area contributed by atoms with Gasteiger partial charge in [0.2, 0.25) is 0 Å². The lowest BCUT2D eigenvalue weighted by atomic mass is 10.3. The van der Waals surface area contributed by atoms with Crippen molar-refractivity contribution in [3.63, 3.8) is 0 Å². The fraction of sp³-hybridized carbons (Fsp3) is 0.250. The highest BCUT2D eigenvalue weighted by atomic mass is 16.5. The number of hydroxylamine groups is 2. The predicted molar refractivity (Wildman–Crippen MR) is 42.9 cm³/mol. The number of aryl methyl sites for hydroxylation is 1. The first-order valence-corrected chi connectivity index (χ1v) is 3.51. The highest BCUT2D eigenvalue weighted by molar-refractivity contribution is 5.91. The van der Waals surface area contributed by atoms with Crippen molar-refractivity contribution < 1.29 is 10.0 Å². The number of carbonyl (C=O) groups is 1. The Hall–Kier alpha value is -1.42. The van der Waals surface area contributed by atoms with Gasteiger partial charge in [0.1, 0.15) is 5.69 Å². The largest absolute Gasteiger partial charge is 0.295 e. The molecule has 0 fully saturated rings. The van der Waals surface area contributed by atoms with Crippen LogP contribution in [0.2, 0.25) is 0 Å². The number of nitrogens with zero attached hydrogens (tertiary/aromatic N) is 2. The Morgan fingerprint density at radius 2 is 2.25 bits per heavy atom. The molecule has 0 saturated carbocycles. The number of hydrogen-bond donors (Lipinski definition) is 1. The fourth-order valence-electron chi connectivity index (χ4n) is 0.760. The van der Waals surface area contributed by atoms with Gasteiger partial charge in [0, 0.05) is 13.2 Å². The third-order valence-corrected chi connectivity index (χ3v) is 1.42. The zero-order chi connectivity index (χ0) is 9.14. The van der Waals surface area contributed by atoms with Crippen molar-refractivity contribution >= 4 is 5.91 Å². The molecule has 0 aliphatic heterocycles. The van der Waals surface area contributed by atoms with E-state index in [9.17, 15) is 4.79 Å². The molecule has 0 spiro atoms. The molecule has 64 valence electrons. The van der Waals surface area contributed by atoms with Gasteiger partial charge in [0.25, 0.3) is 5.91 Å². The maximum Gasteiger partial charge on any atom is 0.295 e. The predicted octanol–water partition coefficient (Wildman–Crippen LogP) is 0.851. The first-order chi connectivity index (χ1) is 5.61. The molecule has 1 aromatic rings. The van der Waals surface area contributed by atoms with Gasteiger partial charge in [-0.15, -0.1) is 0 Å². The summed E-state index contributed by atoms with van der Waals surface area (Å²) in [6.07, 6.45) is 1.58. The molecule has 0 bridgehead atoms. The van der Waals surface area contributed by atoms with E-state index in [0.717, 1.165) is 5.56 Å². The Morgan fingerprint density at radius 3 is 2.67 bits per heavy atom. The van der Waals surface area contributed by atoms with Gasteiger partial charge < -0.3 is 0 Å². The minimum Gasteiger partial charge on any atom is -0.286 e. The molecule has 1 N–H and O–H groups in total. The Balaban J connectivity index is 2.90.